The molecule has 0 radical (unpaired) electrons. The normalized spacial score (nSPS) is 16.0. The molecule has 1 amide bonds. The summed E-state index contributed by atoms with van der Waals surface area (Å²) in [7, 11) is -3.02. The van der Waals surface area contributed by atoms with E-state index in [-0.39, 0.29) is 30.5 Å². The zero-order valence-corrected chi connectivity index (χ0v) is 18.3. The number of hydrogen-bond acceptors (Lipinski definition) is 9. The van der Waals surface area contributed by atoms with Crippen molar-refractivity contribution in [3.63, 3.8) is 0 Å². The molecule has 3 aromatic rings. The maximum absolute atomic E-state index is 12.5. The lowest BCUT2D eigenvalue weighted by molar-refractivity contribution is 0.0770. The Morgan fingerprint density at radius 2 is 1.93 bits per heavy atom. The molecule has 0 atom stereocenters. The van der Waals surface area contributed by atoms with Crippen molar-refractivity contribution >= 4 is 49.4 Å². The van der Waals surface area contributed by atoms with E-state index in [2.05, 4.69) is 20.3 Å². The Bertz CT molecular complexity index is 1140. The van der Waals surface area contributed by atoms with Crippen LogP contribution in [0.2, 0.25) is 0 Å². The van der Waals surface area contributed by atoms with E-state index in [9.17, 15) is 13.2 Å². The van der Waals surface area contributed by atoms with E-state index in [4.69, 9.17) is 0 Å². The van der Waals surface area contributed by atoms with Gasteiger partial charge in [-0.1, -0.05) is 0 Å². The molecule has 8 nitrogen and oxygen atoms in total. The Hall–Kier alpha value is -2.37. The summed E-state index contributed by atoms with van der Waals surface area (Å²) in [6.07, 6.45) is 1.50. The van der Waals surface area contributed by atoms with Gasteiger partial charge in [-0.2, -0.15) is 0 Å². The van der Waals surface area contributed by atoms with Crippen LogP contribution in [0.5, 0.6) is 0 Å². The average Bonchev–Trinajstić information content (AvgIpc) is 3.27. The summed E-state index contributed by atoms with van der Waals surface area (Å²) in [5.41, 5.74) is 2.29. The van der Waals surface area contributed by atoms with Gasteiger partial charge in [0.2, 0.25) is 0 Å². The van der Waals surface area contributed by atoms with E-state index in [1.54, 1.807) is 28.4 Å². The fraction of sp³-hybridized carbons (Fsp3) is 0.333. The third-order valence-electron chi connectivity index (χ3n) is 4.52. The number of rotatable bonds is 4. The van der Waals surface area contributed by atoms with Crippen molar-refractivity contribution in [1.29, 1.82) is 0 Å². The molecule has 1 aliphatic heterocycles. The molecule has 0 unspecified atom stereocenters. The van der Waals surface area contributed by atoms with Gasteiger partial charge in [-0.3, -0.25) is 4.79 Å². The van der Waals surface area contributed by atoms with Gasteiger partial charge in [0.1, 0.15) is 5.82 Å². The van der Waals surface area contributed by atoms with Crippen molar-refractivity contribution in [1.82, 2.24) is 19.9 Å². The molecular weight excluding hydrogens is 430 g/mol. The van der Waals surface area contributed by atoms with Gasteiger partial charge in [0, 0.05) is 24.7 Å². The molecule has 1 N–H and O–H groups in total. The number of aryl methyl sites for hydroxylation is 2. The van der Waals surface area contributed by atoms with E-state index in [1.807, 2.05) is 19.2 Å². The minimum atomic E-state index is -3.02. The third-order valence-corrected chi connectivity index (χ3v) is 7.98. The van der Waals surface area contributed by atoms with Crippen LogP contribution in [0.25, 0.3) is 10.6 Å². The molecule has 0 bridgehead atoms. The van der Waals surface area contributed by atoms with Gasteiger partial charge < -0.3 is 10.2 Å². The molecular formula is C18H19N5O3S3. The number of thiazole rings is 2. The smallest absolute Gasteiger partial charge is 0.255 e. The number of aromatic nitrogens is 3. The molecule has 29 heavy (non-hydrogen) atoms. The number of pyridine rings is 1. The zero-order chi connectivity index (χ0) is 20.6. The first kappa shape index (κ1) is 19.9. The van der Waals surface area contributed by atoms with E-state index >= 15 is 0 Å². The highest BCUT2D eigenvalue weighted by atomic mass is 32.2. The van der Waals surface area contributed by atoms with Crippen LogP contribution in [-0.4, -0.2) is 58.8 Å². The lowest BCUT2D eigenvalue weighted by Gasteiger charge is -2.26. The molecule has 1 fully saturated rings. The lowest BCUT2D eigenvalue weighted by Crippen LogP contribution is -2.43. The summed E-state index contributed by atoms with van der Waals surface area (Å²) in [5, 5.41) is 6.84. The molecule has 3 aromatic heterocycles. The van der Waals surface area contributed by atoms with Crippen molar-refractivity contribution in [2.75, 3.05) is 29.9 Å². The first-order chi connectivity index (χ1) is 13.8. The predicted molar refractivity (Wildman–Crippen MR) is 115 cm³/mol. The first-order valence-electron chi connectivity index (χ1n) is 8.93. The monoisotopic (exact) mass is 449 g/mol. The molecule has 11 heteroatoms. The summed E-state index contributed by atoms with van der Waals surface area (Å²) in [4.78, 5) is 28.5. The Morgan fingerprint density at radius 3 is 2.55 bits per heavy atom. The predicted octanol–water partition coefficient (Wildman–Crippen LogP) is 2.89. The number of sulfone groups is 1. The van der Waals surface area contributed by atoms with Crippen LogP contribution in [0.4, 0.5) is 10.9 Å². The molecule has 152 valence electrons. The number of nitrogens with zero attached hydrogens (tertiary/aromatic N) is 4. The highest BCUT2D eigenvalue weighted by Gasteiger charge is 2.25. The molecule has 0 aliphatic carbocycles. The lowest BCUT2D eigenvalue weighted by atomic mass is 10.2. The van der Waals surface area contributed by atoms with Crippen LogP contribution in [0.1, 0.15) is 21.1 Å². The second-order valence-electron chi connectivity index (χ2n) is 6.69. The third kappa shape index (κ3) is 4.46. The number of nitrogens with one attached hydrogen (secondary N) is 1. The highest BCUT2D eigenvalue weighted by Crippen LogP contribution is 2.32. The van der Waals surface area contributed by atoms with Gasteiger partial charge in [-0.05, 0) is 26.0 Å². The zero-order valence-electron chi connectivity index (χ0n) is 15.9. The van der Waals surface area contributed by atoms with Crippen molar-refractivity contribution in [3.05, 3.63) is 40.0 Å². The van der Waals surface area contributed by atoms with Crippen molar-refractivity contribution in [2.24, 2.45) is 0 Å². The molecule has 1 aliphatic rings. The largest absolute Gasteiger partial charge is 0.337 e. The van der Waals surface area contributed by atoms with Crippen LogP contribution in [0, 0.1) is 13.8 Å². The van der Waals surface area contributed by atoms with Crippen LogP contribution in [0.3, 0.4) is 0 Å². The van der Waals surface area contributed by atoms with Crippen LogP contribution in [-0.2, 0) is 9.84 Å². The topological polar surface area (TPSA) is 105 Å². The first-order valence-corrected chi connectivity index (χ1v) is 12.5. The van der Waals surface area contributed by atoms with Crippen LogP contribution >= 0.6 is 22.7 Å². The SMILES string of the molecule is Cc1nc(C)c(-c2csc(Nc3ccc(C(=O)N4CCS(=O)(=O)CC4)cn3)n2)s1. The number of amides is 1. The van der Waals surface area contributed by atoms with Crippen molar-refractivity contribution in [3.8, 4) is 10.6 Å². The molecule has 0 aromatic carbocycles. The molecule has 0 spiro atoms. The van der Waals surface area contributed by atoms with Gasteiger partial charge in [0.25, 0.3) is 5.91 Å². The van der Waals surface area contributed by atoms with Crippen molar-refractivity contribution in [2.45, 2.75) is 13.8 Å². The highest BCUT2D eigenvalue weighted by molar-refractivity contribution is 7.91. The maximum atomic E-state index is 12.5. The second-order valence-corrected chi connectivity index (χ2v) is 11.1. The Morgan fingerprint density at radius 1 is 1.17 bits per heavy atom. The fourth-order valence-electron chi connectivity index (χ4n) is 3.01. The van der Waals surface area contributed by atoms with E-state index in [0.29, 0.717) is 16.5 Å². The Balaban J connectivity index is 1.42. The Kier molecular flexibility index (Phi) is 5.36. The minimum Gasteiger partial charge on any atom is -0.337 e. The number of carbonyl (C=O) groups excluding carboxylic acids is 1. The molecule has 4 heterocycles. The second kappa shape index (κ2) is 7.81. The molecule has 0 saturated carbocycles. The number of carbonyl (C=O) groups is 1. The van der Waals surface area contributed by atoms with Gasteiger partial charge in [-0.25, -0.2) is 23.4 Å². The van der Waals surface area contributed by atoms with E-state index in [0.717, 1.165) is 21.3 Å². The van der Waals surface area contributed by atoms with Crippen LogP contribution in [0.15, 0.2) is 23.7 Å². The van der Waals surface area contributed by atoms with Gasteiger partial charge in [-0.15, -0.1) is 22.7 Å². The van der Waals surface area contributed by atoms with Gasteiger partial charge >= 0.3 is 0 Å². The summed E-state index contributed by atoms with van der Waals surface area (Å²) >= 11 is 3.09. The Labute approximate surface area is 176 Å². The van der Waals surface area contributed by atoms with E-state index in [1.165, 1.54) is 17.5 Å². The summed E-state index contributed by atoms with van der Waals surface area (Å²) < 4.78 is 23.0. The maximum Gasteiger partial charge on any atom is 0.255 e. The fourth-order valence-corrected chi connectivity index (χ4v) is 5.87. The summed E-state index contributed by atoms with van der Waals surface area (Å²) in [5.74, 6) is 0.404. The minimum absolute atomic E-state index is 0.0109. The standard InChI is InChI=1S/C18H19N5O3S3/c1-11-16(28-12(2)20-11)14-10-27-18(21-14)22-15-4-3-13(9-19-15)17(24)23-5-7-29(25,26)8-6-23/h3-4,9-10H,5-8H2,1-2H3,(H,19,21,22). The van der Waals surface area contributed by atoms with E-state index < -0.39 is 9.84 Å². The summed E-state index contributed by atoms with van der Waals surface area (Å²) in [6, 6.07) is 3.41. The quantitative estimate of drug-likeness (QED) is 0.653. The summed E-state index contributed by atoms with van der Waals surface area (Å²) in [6.45, 7) is 4.39. The molecule has 4 rings (SSSR count). The van der Waals surface area contributed by atoms with Gasteiger partial charge in [0.15, 0.2) is 15.0 Å². The molecule has 1 saturated heterocycles. The van der Waals surface area contributed by atoms with Gasteiger partial charge in [0.05, 0.1) is 38.3 Å². The number of anilines is 2. The average molecular weight is 450 g/mol. The van der Waals surface area contributed by atoms with Crippen molar-refractivity contribution < 1.29 is 13.2 Å². The van der Waals surface area contributed by atoms with Crippen LogP contribution < -0.4 is 5.32 Å². The number of hydrogen-bond donors (Lipinski definition) is 1.